The van der Waals surface area contributed by atoms with E-state index in [-0.39, 0.29) is 5.91 Å². The average Bonchev–Trinajstić information content (AvgIpc) is 2.90. The van der Waals surface area contributed by atoms with Crippen LogP contribution < -0.4 is 5.32 Å². The second-order valence-electron chi connectivity index (χ2n) is 4.21. The molecule has 1 aliphatic heterocycles. The van der Waals surface area contributed by atoms with E-state index in [1.165, 1.54) is 0 Å². The molecule has 2 heterocycles. The van der Waals surface area contributed by atoms with E-state index in [0.29, 0.717) is 13.1 Å². The Morgan fingerprint density at radius 1 is 1.56 bits per heavy atom. The molecule has 0 bridgehead atoms. The third kappa shape index (κ3) is 2.61. The molecule has 1 aromatic heterocycles. The predicted molar refractivity (Wildman–Crippen MR) is 60.8 cm³/mol. The zero-order valence-corrected chi connectivity index (χ0v) is 9.62. The van der Waals surface area contributed by atoms with E-state index in [1.807, 2.05) is 11.8 Å². The fourth-order valence-electron chi connectivity index (χ4n) is 1.94. The second kappa shape index (κ2) is 5.12. The summed E-state index contributed by atoms with van der Waals surface area (Å²) >= 11 is 0. The molecule has 0 atom stereocenters. The van der Waals surface area contributed by atoms with E-state index in [2.05, 4.69) is 15.5 Å². The highest BCUT2D eigenvalue weighted by Gasteiger charge is 2.16. The van der Waals surface area contributed by atoms with Crippen LogP contribution in [0.15, 0.2) is 6.20 Å². The van der Waals surface area contributed by atoms with Gasteiger partial charge in [-0.05, 0) is 19.8 Å². The number of carbonyl (C=O) groups is 1. The number of hydrogen-bond donors (Lipinski definition) is 2. The van der Waals surface area contributed by atoms with E-state index >= 15 is 0 Å². The fraction of sp³-hybridized carbons (Fsp3) is 0.636. The van der Waals surface area contributed by atoms with Crippen molar-refractivity contribution in [1.82, 2.24) is 20.4 Å². The molecule has 1 aromatic rings. The number of hydrogen-bond acceptors (Lipinski definition) is 3. The highest BCUT2D eigenvalue weighted by Crippen LogP contribution is 2.07. The highest BCUT2D eigenvalue weighted by molar-refractivity contribution is 5.78. The van der Waals surface area contributed by atoms with Gasteiger partial charge in [0, 0.05) is 30.9 Å². The molecule has 88 valence electrons. The van der Waals surface area contributed by atoms with Crippen molar-refractivity contribution in [2.75, 3.05) is 19.6 Å². The minimum atomic E-state index is 0.207. The summed E-state index contributed by atoms with van der Waals surface area (Å²) in [6.07, 6.45) is 4.09. The Kier molecular flexibility index (Phi) is 3.56. The van der Waals surface area contributed by atoms with Crippen molar-refractivity contribution in [1.29, 1.82) is 0 Å². The number of likely N-dealkylation sites (tertiary alicyclic amines) is 1. The maximum atomic E-state index is 11.7. The van der Waals surface area contributed by atoms with Crippen molar-refractivity contribution in [3.63, 3.8) is 0 Å². The monoisotopic (exact) mass is 222 g/mol. The summed E-state index contributed by atoms with van der Waals surface area (Å²) in [7, 11) is 0. The van der Waals surface area contributed by atoms with Gasteiger partial charge in [-0.1, -0.05) is 0 Å². The van der Waals surface area contributed by atoms with Gasteiger partial charge in [0.1, 0.15) is 0 Å². The Bertz CT molecular complexity index is 355. The van der Waals surface area contributed by atoms with Crippen LogP contribution in [0, 0.1) is 6.92 Å². The van der Waals surface area contributed by atoms with Crippen LogP contribution in [0.3, 0.4) is 0 Å². The topological polar surface area (TPSA) is 61.0 Å². The van der Waals surface area contributed by atoms with Crippen LogP contribution in [0.25, 0.3) is 0 Å². The summed E-state index contributed by atoms with van der Waals surface area (Å²) < 4.78 is 0. The van der Waals surface area contributed by atoms with Gasteiger partial charge < -0.3 is 10.2 Å². The first kappa shape index (κ1) is 11.1. The Balaban J connectivity index is 1.71. The van der Waals surface area contributed by atoms with Crippen LogP contribution in [0.4, 0.5) is 0 Å². The van der Waals surface area contributed by atoms with Crippen molar-refractivity contribution in [3.05, 3.63) is 17.5 Å². The normalized spacial score (nSPS) is 15.7. The number of carbonyl (C=O) groups excluding carboxylic acids is 1. The van der Waals surface area contributed by atoms with Gasteiger partial charge in [0.2, 0.25) is 5.91 Å². The van der Waals surface area contributed by atoms with Gasteiger partial charge in [-0.15, -0.1) is 0 Å². The molecule has 2 N–H and O–H groups in total. The van der Waals surface area contributed by atoms with E-state index in [4.69, 9.17) is 0 Å². The number of aryl methyl sites for hydroxylation is 1. The van der Waals surface area contributed by atoms with Crippen LogP contribution in [0.5, 0.6) is 0 Å². The maximum Gasteiger partial charge on any atom is 0.236 e. The molecule has 1 saturated heterocycles. The highest BCUT2D eigenvalue weighted by atomic mass is 16.2. The summed E-state index contributed by atoms with van der Waals surface area (Å²) in [5.41, 5.74) is 2.18. The molecule has 5 heteroatoms. The minimum absolute atomic E-state index is 0.207. The maximum absolute atomic E-state index is 11.7. The van der Waals surface area contributed by atoms with Gasteiger partial charge in [0.05, 0.1) is 12.7 Å². The van der Waals surface area contributed by atoms with Crippen molar-refractivity contribution >= 4 is 5.91 Å². The number of aromatic nitrogens is 2. The lowest BCUT2D eigenvalue weighted by Gasteiger charge is -2.15. The van der Waals surface area contributed by atoms with E-state index in [1.54, 1.807) is 6.20 Å². The molecular formula is C11H18N4O. The van der Waals surface area contributed by atoms with Gasteiger partial charge in [-0.2, -0.15) is 5.10 Å². The van der Waals surface area contributed by atoms with Crippen LogP contribution in [0.2, 0.25) is 0 Å². The molecule has 0 aromatic carbocycles. The van der Waals surface area contributed by atoms with Crippen LogP contribution >= 0.6 is 0 Å². The lowest BCUT2D eigenvalue weighted by molar-refractivity contribution is -0.129. The Morgan fingerprint density at radius 2 is 2.31 bits per heavy atom. The molecular weight excluding hydrogens is 204 g/mol. The van der Waals surface area contributed by atoms with Crippen LogP contribution in [-0.2, 0) is 11.3 Å². The zero-order chi connectivity index (χ0) is 11.4. The van der Waals surface area contributed by atoms with Gasteiger partial charge >= 0.3 is 0 Å². The molecule has 1 aliphatic rings. The minimum Gasteiger partial charge on any atom is -0.342 e. The Hall–Kier alpha value is -1.36. The van der Waals surface area contributed by atoms with Gasteiger partial charge in [0.25, 0.3) is 0 Å². The molecule has 0 radical (unpaired) electrons. The lowest BCUT2D eigenvalue weighted by Crippen LogP contribution is -2.36. The van der Waals surface area contributed by atoms with Crippen molar-refractivity contribution < 1.29 is 4.79 Å². The van der Waals surface area contributed by atoms with Crippen molar-refractivity contribution in [3.8, 4) is 0 Å². The van der Waals surface area contributed by atoms with E-state index in [9.17, 15) is 4.79 Å². The first-order chi connectivity index (χ1) is 7.77. The summed E-state index contributed by atoms with van der Waals surface area (Å²) in [4.78, 5) is 13.6. The molecule has 0 aliphatic carbocycles. The van der Waals surface area contributed by atoms with Gasteiger partial charge in [0.15, 0.2) is 0 Å². The van der Waals surface area contributed by atoms with Crippen LogP contribution in [-0.4, -0.2) is 40.6 Å². The number of H-pyrrole nitrogens is 1. The number of amides is 1. The first-order valence-electron chi connectivity index (χ1n) is 5.74. The molecule has 0 saturated carbocycles. The fourth-order valence-corrected chi connectivity index (χ4v) is 1.94. The van der Waals surface area contributed by atoms with E-state index < -0.39 is 0 Å². The SMILES string of the molecule is Cc1[nH]ncc1CNCC(=O)N1CCCC1. The zero-order valence-electron chi connectivity index (χ0n) is 9.62. The molecule has 1 amide bonds. The molecule has 2 rings (SSSR count). The summed E-state index contributed by atoms with van der Waals surface area (Å²) in [6, 6.07) is 0. The quantitative estimate of drug-likeness (QED) is 0.776. The van der Waals surface area contributed by atoms with Gasteiger partial charge in [-0.3, -0.25) is 9.89 Å². The molecule has 16 heavy (non-hydrogen) atoms. The van der Waals surface area contributed by atoms with Crippen molar-refractivity contribution in [2.24, 2.45) is 0 Å². The standard InChI is InChI=1S/C11H18N4O/c1-9-10(7-13-14-9)6-12-8-11(16)15-4-2-3-5-15/h7,12H,2-6,8H2,1H3,(H,13,14). The third-order valence-electron chi connectivity index (χ3n) is 2.98. The number of aromatic amines is 1. The summed E-state index contributed by atoms with van der Waals surface area (Å²) in [5, 5.41) is 9.97. The molecule has 0 unspecified atom stereocenters. The van der Waals surface area contributed by atoms with E-state index in [0.717, 1.165) is 37.2 Å². The third-order valence-corrected chi connectivity index (χ3v) is 2.98. The van der Waals surface area contributed by atoms with Gasteiger partial charge in [-0.25, -0.2) is 0 Å². The second-order valence-corrected chi connectivity index (χ2v) is 4.21. The Morgan fingerprint density at radius 3 is 2.94 bits per heavy atom. The number of nitrogens with one attached hydrogen (secondary N) is 2. The molecule has 5 nitrogen and oxygen atoms in total. The summed E-state index contributed by atoms with van der Waals surface area (Å²) in [6.45, 7) is 4.94. The first-order valence-corrected chi connectivity index (χ1v) is 5.74. The molecule has 0 spiro atoms. The predicted octanol–water partition coefficient (Wildman–Crippen LogP) is 0.430. The number of rotatable bonds is 4. The summed E-state index contributed by atoms with van der Waals surface area (Å²) in [5.74, 6) is 0.207. The molecule has 1 fully saturated rings. The average molecular weight is 222 g/mol. The number of nitrogens with zero attached hydrogens (tertiary/aromatic N) is 2. The smallest absolute Gasteiger partial charge is 0.236 e. The lowest BCUT2D eigenvalue weighted by atomic mass is 10.2. The Labute approximate surface area is 95.2 Å². The van der Waals surface area contributed by atoms with Crippen LogP contribution in [0.1, 0.15) is 24.1 Å². The van der Waals surface area contributed by atoms with Crippen molar-refractivity contribution in [2.45, 2.75) is 26.3 Å². The largest absolute Gasteiger partial charge is 0.342 e.